The Morgan fingerprint density at radius 2 is 1.11 bits per heavy atom. The van der Waals surface area contributed by atoms with Gasteiger partial charge in [-0.1, -0.05) is 93.6 Å². The first-order valence-electron chi connectivity index (χ1n) is 13.1. The molecular formula is C30H40FO2P2+. The van der Waals surface area contributed by atoms with Gasteiger partial charge < -0.3 is 4.52 Å². The maximum atomic E-state index is 14.7. The van der Waals surface area contributed by atoms with E-state index in [9.17, 15) is 8.76 Å². The second kappa shape index (κ2) is 14.7. The van der Waals surface area contributed by atoms with Gasteiger partial charge in [-0.25, -0.2) is 0 Å². The standard InChI is InChI=1S/C30H40FO2P2/c1-2-3-4-5-6-16-25-33-35(31,32)27-18-17-26-34(28-19-10-7-11-20-28,29-21-12-8-13-22-29)30-23-14-9-15-24-30/h7-15,19-24H,2-6,16-18,25-27H2,1H3/q+1. The molecule has 0 saturated heterocycles. The van der Waals surface area contributed by atoms with E-state index in [0.29, 0.717) is 6.42 Å². The Bertz CT molecular complexity index is 916. The van der Waals surface area contributed by atoms with Crippen molar-refractivity contribution in [3.63, 3.8) is 0 Å². The maximum absolute atomic E-state index is 14.7. The summed E-state index contributed by atoms with van der Waals surface area (Å²) in [6.45, 7) is 2.45. The van der Waals surface area contributed by atoms with Gasteiger partial charge in [0.2, 0.25) is 0 Å². The predicted molar refractivity (Wildman–Crippen MR) is 152 cm³/mol. The fourth-order valence-electron chi connectivity index (χ4n) is 4.68. The van der Waals surface area contributed by atoms with Crippen molar-refractivity contribution in [3.8, 4) is 0 Å². The van der Waals surface area contributed by atoms with E-state index in [1.165, 1.54) is 35.2 Å². The van der Waals surface area contributed by atoms with Gasteiger partial charge in [-0.15, -0.1) is 0 Å². The molecule has 5 heteroatoms. The van der Waals surface area contributed by atoms with Gasteiger partial charge in [0, 0.05) is 0 Å². The fourth-order valence-corrected chi connectivity index (χ4v) is 10.2. The zero-order chi connectivity index (χ0) is 24.8. The quantitative estimate of drug-likeness (QED) is 0.142. The van der Waals surface area contributed by atoms with Crippen LogP contribution in [0, 0.1) is 0 Å². The van der Waals surface area contributed by atoms with Crippen molar-refractivity contribution in [1.82, 2.24) is 0 Å². The summed E-state index contributed by atoms with van der Waals surface area (Å²) in [5.41, 5.74) is 0. The van der Waals surface area contributed by atoms with Crippen molar-refractivity contribution in [2.75, 3.05) is 18.9 Å². The normalized spacial score (nSPS) is 13.4. The lowest BCUT2D eigenvalue weighted by molar-refractivity contribution is 0.277. The SMILES string of the molecule is CCCCCCCCOP(=O)(F)CCCC[P+](c1ccccc1)(c1ccccc1)c1ccccc1. The van der Waals surface area contributed by atoms with Crippen LogP contribution >= 0.6 is 14.9 Å². The highest BCUT2D eigenvalue weighted by Gasteiger charge is 2.44. The third-order valence-electron chi connectivity index (χ3n) is 6.54. The van der Waals surface area contributed by atoms with Gasteiger partial charge in [0.25, 0.3) is 0 Å². The molecule has 0 N–H and O–H groups in total. The monoisotopic (exact) mass is 513 g/mol. The number of benzene rings is 3. The van der Waals surface area contributed by atoms with Crippen molar-refractivity contribution >= 4 is 30.9 Å². The largest absolute Gasteiger partial charge is 0.367 e. The van der Waals surface area contributed by atoms with Crippen molar-refractivity contribution in [3.05, 3.63) is 91.0 Å². The first kappa shape index (κ1) is 27.8. The molecular weight excluding hydrogens is 473 g/mol. The molecule has 0 heterocycles. The average Bonchev–Trinajstić information content (AvgIpc) is 2.90. The first-order valence-corrected chi connectivity index (χ1v) is 16.7. The Morgan fingerprint density at radius 3 is 1.60 bits per heavy atom. The molecule has 3 aromatic rings. The summed E-state index contributed by atoms with van der Waals surface area (Å²) in [5, 5.41) is 3.96. The molecule has 188 valence electrons. The number of hydrogen-bond acceptors (Lipinski definition) is 2. The average molecular weight is 514 g/mol. The molecule has 0 spiro atoms. The summed E-state index contributed by atoms with van der Waals surface area (Å²) in [7, 11) is -5.97. The molecule has 35 heavy (non-hydrogen) atoms. The molecule has 0 fully saturated rings. The third-order valence-corrected chi connectivity index (χ3v) is 12.5. The van der Waals surface area contributed by atoms with E-state index in [4.69, 9.17) is 4.52 Å². The van der Waals surface area contributed by atoms with Crippen LogP contribution in [0.5, 0.6) is 0 Å². The topological polar surface area (TPSA) is 26.3 Å². The minimum absolute atomic E-state index is 0.00119. The summed E-state index contributed by atoms with van der Waals surface area (Å²) >= 11 is 0. The summed E-state index contributed by atoms with van der Waals surface area (Å²) in [6.07, 6.45) is 8.83. The Morgan fingerprint density at radius 1 is 0.657 bits per heavy atom. The second-order valence-corrected chi connectivity index (χ2v) is 14.7. The van der Waals surface area contributed by atoms with Crippen LogP contribution in [0.4, 0.5) is 4.20 Å². The molecule has 0 aliphatic rings. The van der Waals surface area contributed by atoms with Gasteiger partial charge in [0.15, 0.2) is 0 Å². The van der Waals surface area contributed by atoms with Gasteiger partial charge >= 0.3 is 7.68 Å². The van der Waals surface area contributed by atoms with Crippen molar-refractivity contribution < 1.29 is 13.3 Å². The maximum Gasteiger partial charge on any atom is 0.367 e. The molecule has 1 atom stereocenters. The Hall–Kier alpha value is -1.79. The lowest BCUT2D eigenvalue weighted by Gasteiger charge is -2.27. The van der Waals surface area contributed by atoms with E-state index in [2.05, 4.69) is 97.9 Å². The van der Waals surface area contributed by atoms with Crippen molar-refractivity contribution in [2.24, 2.45) is 0 Å². The molecule has 0 bridgehead atoms. The molecule has 0 aliphatic heterocycles. The third kappa shape index (κ3) is 8.38. The summed E-state index contributed by atoms with van der Waals surface area (Å²) in [4.78, 5) is 0. The van der Waals surface area contributed by atoms with Crippen LogP contribution in [0.25, 0.3) is 0 Å². The van der Waals surface area contributed by atoms with Gasteiger partial charge in [-0.2, -0.15) is 4.20 Å². The van der Waals surface area contributed by atoms with Crippen molar-refractivity contribution in [1.29, 1.82) is 0 Å². The molecule has 0 aliphatic carbocycles. The highest BCUT2D eigenvalue weighted by Crippen LogP contribution is 2.56. The van der Waals surface area contributed by atoms with Gasteiger partial charge in [-0.05, 0) is 55.7 Å². The Labute approximate surface area is 212 Å². The summed E-state index contributed by atoms with van der Waals surface area (Å²) < 4.78 is 32.3. The van der Waals surface area contributed by atoms with Gasteiger partial charge in [0.1, 0.15) is 23.2 Å². The zero-order valence-corrected chi connectivity index (χ0v) is 22.8. The van der Waals surface area contributed by atoms with Crippen LogP contribution in [0.2, 0.25) is 0 Å². The highest BCUT2D eigenvalue weighted by atomic mass is 31.2. The van der Waals surface area contributed by atoms with Crippen LogP contribution < -0.4 is 15.9 Å². The van der Waals surface area contributed by atoms with Crippen LogP contribution in [0.3, 0.4) is 0 Å². The Kier molecular flexibility index (Phi) is 11.7. The molecule has 0 saturated carbocycles. The predicted octanol–water partition coefficient (Wildman–Crippen LogP) is 8.30. The van der Waals surface area contributed by atoms with E-state index in [0.717, 1.165) is 31.8 Å². The van der Waals surface area contributed by atoms with Gasteiger partial charge in [-0.3, -0.25) is 4.57 Å². The summed E-state index contributed by atoms with van der Waals surface area (Å²) in [5.74, 6) is 0. The molecule has 0 aromatic heterocycles. The molecule has 3 aromatic carbocycles. The van der Waals surface area contributed by atoms with E-state index in [1.54, 1.807) is 0 Å². The fraction of sp³-hybridized carbons (Fsp3) is 0.400. The van der Waals surface area contributed by atoms with Crippen LogP contribution in [-0.4, -0.2) is 18.9 Å². The molecule has 0 amide bonds. The lowest BCUT2D eigenvalue weighted by Crippen LogP contribution is -2.33. The summed E-state index contributed by atoms with van der Waals surface area (Å²) in [6, 6.07) is 32.1. The van der Waals surface area contributed by atoms with Crippen molar-refractivity contribution in [2.45, 2.75) is 58.3 Å². The lowest BCUT2D eigenvalue weighted by atomic mass is 10.1. The second-order valence-electron chi connectivity index (χ2n) is 9.16. The van der Waals surface area contributed by atoms with E-state index in [-0.39, 0.29) is 12.8 Å². The molecule has 1 unspecified atom stereocenters. The molecule has 3 rings (SSSR count). The zero-order valence-electron chi connectivity index (χ0n) is 21.0. The number of unbranched alkanes of at least 4 members (excludes halogenated alkanes) is 6. The number of rotatable bonds is 16. The number of halogens is 1. The van der Waals surface area contributed by atoms with Gasteiger partial charge in [0.05, 0.1) is 18.9 Å². The molecule has 0 radical (unpaired) electrons. The highest BCUT2D eigenvalue weighted by molar-refractivity contribution is 7.95. The first-order chi connectivity index (χ1) is 17.1. The van der Waals surface area contributed by atoms with E-state index in [1.807, 2.05) is 0 Å². The van der Waals surface area contributed by atoms with E-state index >= 15 is 0 Å². The van der Waals surface area contributed by atoms with Crippen LogP contribution in [0.15, 0.2) is 91.0 Å². The van der Waals surface area contributed by atoms with E-state index < -0.39 is 14.9 Å². The minimum Gasteiger partial charge on any atom is -0.306 e. The molecule has 2 nitrogen and oxygen atoms in total. The van der Waals surface area contributed by atoms with Crippen LogP contribution in [0.1, 0.15) is 58.3 Å². The minimum atomic E-state index is -4.04. The smallest absolute Gasteiger partial charge is 0.306 e. The Balaban J connectivity index is 1.67. The van der Waals surface area contributed by atoms with Crippen LogP contribution in [-0.2, 0) is 9.09 Å². The number of hydrogen-bond donors (Lipinski definition) is 0.